The van der Waals surface area contributed by atoms with E-state index >= 15 is 0 Å². The van der Waals surface area contributed by atoms with Crippen molar-refractivity contribution in [2.45, 2.75) is 11.3 Å². The average molecular weight is 383 g/mol. The molecular formula is C16H15ClN2O5S. The topological polar surface area (TPSA) is 93.7 Å². The molecule has 0 spiro atoms. The molecule has 0 saturated carbocycles. The maximum atomic E-state index is 12.8. The predicted octanol–water partition coefficient (Wildman–Crippen LogP) is 2.65. The molecule has 0 aliphatic carbocycles. The molecule has 3 rings (SSSR count). The molecule has 2 N–H and O–H groups in total. The summed E-state index contributed by atoms with van der Waals surface area (Å²) in [5.74, 6) is 0.592. The van der Waals surface area contributed by atoms with Crippen molar-refractivity contribution in [3.63, 3.8) is 0 Å². The summed E-state index contributed by atoms with van der Waals surface area (Å²) >= 11 is 6.11. The minimum atomic E-state index is -4.00. The van der Waals surface area contributed by atoms with E-state index in [0.29, 0.717) is 22.7 Å². The first-order chi connectivity index (χ1) is 11.8. The van der Waals surface area contributed by atoms with E-state index in [9.17, 15) is 13.2 Å². The third kappa shape index (κ3) is 3.35. The molecule has 0 atom stereocenters. The zero-order valence-electron chi connectivity index (χ0n) is 13.4. The molecule has 1 amide bonds. The van der Waals surface area contributed by atoms with Crippen molar-refractivity contribution in [3.05, 3.63) is 40.9 Å². The summed E-state index contributed by atoms with van der Waals surface area (Å²) in [4.78, 5) is 11.4. The van der Waals surface area contributed by atoms with E-state index in [-0.39, 0.29) is 27.9 Å². The van der Waals surface area contributed by atoms with Crippen LogP contribution in [0.5, 0.6) is 11.5 Å². The lowest BCUT2D eigenvalue weighted by atomic mass is 10.2. The van der Waals surface area contributed by atoms with Gasteiger partial charge < -0.3 is 14.8 Å². The SMILES string of the molecule is COc1ccc(OC)c(NS(=O)(=O)c2cc3c(cc2Cl)NC(=O)C3)c1. The zero-order valence-corrected chi connectivity index (χ0v) is 15.0. The molecule has 2 aromatic rings. The molecule has 0 saturated heterocycles. The van der Waals surface area contributed by atoms with E-state index in [2.05, 4.69) is 10.0 Å². The first-order valence-corrected chi connectivity index (χ1v) is 9.07. The molecule has 9 heteroatoms. The van der Waals surface area contributed by atoms with E-state index in [1.54, 1.807) is 12.1 Å². The van der Waals surface area contributed by atoms with Crippen LogP contribution in [0.1, 0.15) is 5.56 Å². The monoisotopic (exact) mass is 382 g/mol. The van der Waals surface area contributed by atoms with Gasteiger partial charge in [-0.15, -0.1) is 0 Å². The van der Waals surface area contributed by atoms with Crippen LogP contribution in [-0.4, -0.2) is 28.5 Å². The Labute approximate surface area is 149 Å². The normalized spacial score (nSPS) is 13.2. The third-order valence-electron chi connectivity index (χ3n) is 3.72. The molecule has 0 unspecified atom stereocenters. The maximum absolute atomic E-state index is 12.8. The van der Waals surface area contributed by atoms with Gasteiger partial charge in [-0.05, 0) is 29.8 Å². The number of fused-ring (bicyclic) bond motifs is 1. The van der Waals surface area contributed by atoms with Crippen molar-refractivity contribution >= 4 is 38.9 Å². The number of methoxy groups -OCH3 is 2. The predicted molar refractivity (Wildman–Crippen MR) is 94.1 cm³/mol. The number of amides is 1. The Balaban J connectivity index is 2.01. The van der Waals surface area contributed by atoms with Gasteiger partial charge in [0.05, 0.1) is 31.4 Å². The lowest BCUT2D eigenvalue weighted by Crippen LogP contribution is -2.14. The largest absolute Gasteiger partial charge is 0.497 e. The van der Waals surface area contributed by atoms with E-state index in [0.717, 1.165) is 0 Å². The summed E-state index contributed by atoms with van der Waals surface area (Å²) in [6.45, 7) is 0. The first kappa shape index (κ1) is 17.4. The standard InChI is InChI=1S/C16H15ClN2O5S/c1-23-10-3-4-14(24-2)13(7-10)19-25(21,22)15-5-9-6-16(20)18-12(9)8-11(15)17/h3-5,7-8,19H,6H2,1-2H3,(H,18,20). The van der Waals surface area contributed by atoms with Gasteiger partial charge >= 0.3 is 0 Å². The highest BCUT2D eigenvalue weighted by Gasteiger charge is 2.26. The third-order valence-corrected chi connectivity index (χ3v) is 5.55. The van der Waals surface area contributed by atoms with Gasteiger partial charge in [0.15, 0.2) is 0 Å². The molecule has 1 aliphatic heterocycles. The van der Waals surface area contributed by atoms with Crippen LogP contribution in [0.15, 0.2) is 35.2 Å². The number of hydrogen-bond donors (Lipinski definition) is 2. The summed E-state index contributed by atoms with van der Waals surface area (Å²) < 4.78 is 38.3. The van der Waals surface area contributed by atoms with Crippen LogP contribution in [0.4, 0.5) is 11.4 Å². The smallest absolute Gasteiger partial charge is 0.263 e. The number of anilines is 2. The molecule has 1 heterocycles. The fourth-order valence-corrected chi connectivity index (χ4v) is 4.17. The summed E-state index contributed by atoms with van der Waals surface area (Å²) in [6, 6.07) is 7.56. The Bertz CT molecular complexity index is 959. The van der Waals surface area contributed by atoms with Crippen molar-refractivity contribution < 1.29 is 22.7 Å². The van der Waals surface area contributed by atoms with Crippen LogP contribution in [0.2, 0.25) is 5.02 Å². The summed E-state index contributed by atoms with van der Waals surface area (Å²) in [6.07, 6.45) is 0.109. The van der Waals surface area contributed by atoms with Gasteiger partial charge in [0.2, 0.25) is 5.91 Å². The first-order valence-electron chi connectivity index (χ1n) is 7.21. The summed E-state index contributed by atoms with van der Waals surface area (Å²) in [5.41, 5.74) is 1.31. The number of hydrogen-bond acceptors (Lipinski definition) is 5. The molecule has 0 fully saturated rings. The average Bonchev–Trinajstić information content (AvgIpc) is 2.92. The van der Waals surface area contributed by atoms with Crippen LogP contribution in [-0.2, 0) is 21.2 Å². The Morgan fingerprint density at radius 3 is 2.60 bits per heavy atom. The van der Waals surface area contributed by atoms with Gasteiger partial charge in [-0.25, -0.2) is 8.42 Å². The number of ether oxygens (including phenoxy) is 2. The van der Waals surface area contributed by atoms with Crippen LogP contribution in [0.25, 0.3) is 0 Å². The Hall–Kier alpha value is -2.45. The van der Waals surface area contributed by atoms with Gasteiger partial charge in [-0.2, -0.15) is 0 Å². The van der Waals surface area contributed by atoms with E-state index in [1.807, 2.05) is 0 Å². The Morgan fingerprint density at radius 1 is 1.16 bits per heavy atom. The lowest BCUT2D eigenvalue weighted by molar-refractivity contribution is -0.115. The molecule has 0 radical (unpaired) electrons. The van der Waals surface area contributed by atoms with Crippen LogP contribution in [0, 0.1) is 0 Å². The van der Waals surface area contributed by atoms with Crippen LogP contribution < -0.4 is 19.5 Å². The second-order valence-electron chi connectivity index (χ2n) is 5.34. The molecule has 0 bridgehead atoms. The molecule has 132 valence electrons. The highest BCUT2D eigenvalue weighted by atomic mass is 35.5. The molecule has 1 aliphatic rings. The summed E-state index contributed by atoms with van der Waals surface area (Å²) in [5, 5.41) is 2.63. The van der Waals surface area contributed by atoms with E-state index in [1.165, 1.54) is 32.4 Å². The minimum Gasteiger partial charge on any atom is -0.497 e. The molecule has 25 heavy (non-hydrogen) atoms. The van der Waals surface area contributed by atoms with Gasteiger partial charge in [0.25, 0.3) is 10.0 Å². The summed E-state index contributed by atoms with van der Waals surface area (Å²) in [7, 11) is -1.09. The number of rotatable bonds is 5. The van der Waals surface area contributed by atoms with Crippen molar-refractivity contribution in [2.24, 2.45) is 0 Å². The quantitative estimate of drug-likeness (QED) is 0.829. The van der Waals surface area contributed by atoms with Crippen LogP contribution in [0.3, 0.4) is 0 Å². The minimum absolute atomic E-state index is 0.00955. The molecule has 7 nitrogen and oxygen atoms in total. The number of benzene rings is 2. The highest BCUT2D eigenvalue weighted by Crippen LogP contribution is 2.35. The van der Waals surface area contributed by atoms with Gasteiger partial charge in [0, 0.05) is 11.8 Å². The second-order valence-corrected chi connectivity index (χ2v) is 7.39. The van der Waals surface area contributed by atoms with Gasteiger partial charge in [-0.1, -0.05) is 11.6 Å². The maximum Gasteiger partial charge on any atom is 0.263 e. The van der Waals surface area contributed by atoms with Crippen molar-refractivity contribution in [3.8, 4) is 11.5 Å². The van der Waals surface area contributed by atoms with Gasteiger partial charge in [0.1, 0.15) is 16.4 Å². The lowest BCUT2D eigenvalue weighted by Gasteiger charge is -2.14. The van der Waals surface area contributed by atoms with Crippen molar-refractivity contribution in [1.29, 1.82) is 0 Å². The highest BCUT2D eigenvalue weighted by molar-refractivity contribution is 7.92. The zero-order chi connectivity index (χ0) is 18.2. The Morgan fingerprint density at radius 2 is 1.92 bits per heavy atom. The number of nitrogens with one attached hydrogen (secondary N) is 2. The number of carbonyl (C=O) groups is 1. The van der Waals surface area contributed by atoms with Crippen molar-refractivity contribution in [2.75, 3.05) is 24.3 Å². The Kier molecular flexibility index (Phi) is 4.49. The van der Waals surface area contributed by atoms with E-state index < -0.39 is 10.0 Å². The number of carbonyl (C=O) groups excluding carboxylic acids is 1. The second kappa shape index (κ2) is 6.45. The fourth-order valence-electron chi connectivity index (χ4n) is 2.52. The fraction of sp³-hybridized carbons (Fsp3) is 0.188. The molecule has 0 aromatic heterocycles. The van der Waals surface area contributed by atoms with Crippen molar-refractivity contribution in [1.82, 2.24) is 0 Å². The van der Waals surface area contributed by atoms with Crippen LogP contribution >= 0.6 is 11.6 Å². The molecular weight excluding hydrogens is 368 g/mol. The van der Waals surface area contributed by atoms with E-state index in [4.69, 9.17) is 21.1 Å². The van der Waals surface area contributed by atoms with Gasteiger partial charge in [-0.3, -0.25) is 9.52 Å². The number of halogens is 1. The molecule has 2 aromatic carbocycles. The number of sulfonamides is 1.